The molecule has 1 amide bonds. The first kappa shape index (κ1) is 11.5. The van der Waals surface area contributed by atoms with E-state index in [0.717, 1.165) is 15.9 Å². The van der Waals surface area contributed by atoms with Crippen molar-refractivity contribution in [1.29, 1.82) is 0 Å². The largest absolute Gasteiger partial charge is 0.346 e. The summed E-state index contributed by atoms with van der Waals surface area (Å²) in [4.78, 5) is 12.3. The number of rotatable bonds is 2. The van der Waals surface area contributed by atoms with E-state index in [1.165, 1.54) is 6.07 Å². The normalized spacial score (nSPS) is 20.6. The zero-order chi connectivity index (χ0) is 11.5. The molecule has 0 saturated carbocycles. The average molecular weight is 288 g/mol. The molecule has 16 heavy (non-hydrogen) atoms. The maximum absolute atomic E-state index is 13.6. The molecule has 86 valence electrons. The molecule has 1 unspecified atom stereocenters. The zero-order valence-corrected chi connectivity index (χ0v) is 10.3. The molecule has 1 saturated heterocycles. The van der Waals surface area contributed by atoms with Crippen LogP contribution >= 0.6 is 15.9 Å². The molecule has 1 aromatic carbocycles. The van der Waals surface area contributed by atoms with Crippen LogP contribution in [0.15, 0.2) is 22.7 Å². The Kier molecular flexibility index (Phi) is 3.56. The zero-order valence-electron chi connectivity index (χ0n) is 8.72. The molecule has 0 radical (unpaired) electrons. The highest BCUT2D eigenvalue weighted by atomic mass is 79.9. The molecule has 0 aromatic heterocycles. The molecule has 1 atom stereocenters. The summed E-state index contributed by atoms with van der Waals surface area (Å²) in [5, 5.41) is 2.76. The third-order valence-corrected chi connectivity index (χ3v) is 3.16. The second-order valence-corrected chi connectivity index (χ2v) is 4.85. The highest BCUT2D eigenvalue weighted by Gasteiger charge is 2.20. The number of hydrogen-bond acceptors (Lipinski definition) is 1. The van der Waals surface area contributed by atoms with Gasteiger partial charge < -0.3 is 10.2 Å². The molecule has 2 N–H and O–H groups in total. The first-order valence-corrected chi connectivity index (χ1v) is 5.98. The second kappa shape index (κ2) is 4.93. The predicted octanol–water partition coefficient (Wildman–Crippen LogP) is 0.103. The SMILES string of the molecule is O=C1C[NH+](Cc2ccc(Br)cc2F)CCN1. The van der Waals surface area contributed by atoms with Gasteiger partial charge in [0.25, 0.3) is 5.91 Å². The minimum atomic E-state index is -0.215. The molecule has 1 heterocycles. The number of benzene rings is 1. The summed E-state index contributed by atoms with van der Waals surface area (Å²) < 4.78 is 14.3. The maximum atomic E-state index is 13.6. The van der Waals surface area contributed by atoms with Crippen LogP contribution in [0.1, 0.15) is 5.56 Å². The fourth-order valence-electron chi connectivity index (χ4n) is 1.84. The Labute approximate surface area is 102 Å². The molecule has 1 aliphatic heterocycles. The van der Waals surface area contributed by atoms with Gasteiger partial charge in [-0.2, -0.15) is 0 Å². The summed E-state index contributed by atoms with van der Waals surface area (Å²) in [7, 11) is 0. The lowest BCUT2D eigenvalue weighted by atomic mass is 10.2. The highest BCUT2D eigenvalue weighted by molar-refractivity contribution is 9.10. The van der Waals surface area contributed by atoms with Crippen LogP contribution in [0, 0.1) is 5.82 Å². The predicted molar refractivity (Wildman–Crippen MR) is 61.5 cm³/mol. The number of carbonyl (C=O) groups is 1. The van der Waals surface area contributed by atoms with Gasteiger partial charge >= 0.3 is 0 Å². The van der Waals surface area contributed by atoms with E-state index in [9.17, 15) is 9.18 Å². The minimum Gasteiger partial charge on any atom is -0.346 e. The Morgan fingerprint density at radius 3 is 3.00 bits per heavy atom. The Bertz CT molecular complexity index is 411. The standard InChI is InChI=1S/C11H12BrFN2O/c12-9-2-1-8(10(13)5-9)6-15-4-3-14-11(16)7-15/h1-2,5H,3-4,6-7H2,(H,14,16)/p+1. The molecule has 1 fully saturated rings. The van der Waals surface area contributed by atoms with Crippen molar-refractivity contribution in [3.05, 3.63) is 34.1 Å². The van der Waals surface area contributed by atoms with Gasteiger partial charge in [-0.15, -0.1) is 0 Å². The molecule has 0 bridgehead atoms. The van der Waals surface area contributed by atoms with Gasteiger partial charge in [-0.05, 0) is 18.2 Å². The van der Waals surface area contributed by atoms with Crippen molar-refractivity contribution in [2.45, 2.75) is 6.54 Å². The summed E-state index contributed by atoms with van der Waals surface area (Å²) in [5.74, 6) is -0.174. The molecular formula is C11H13BrFN2O+. The maximum Gasteiger partial charge on any atom is 0.275 e. The number of nitrogens with one attached hydrogen (secondary N) is 2. The van der Waals surface area contributed by atoms with Crippen molar-refractivity contribution in [3.63, 3.8) is 0 Å². The molecule has 1 aromatic rings. The molecule has 1 aliphatic rings. The molecule has 0 spiro atoms. The van der Waals surface area contributed by atoms with E-state index in [2.05, 4.69) is 21.2 Å². The fourth-order valence-corrected chi connectivity index (χ4v) is 2.18. The van der Waals surface area contributed by atoms with Gasteiger partial charge in [0.1, 0.15) is 12.4 Å². The van der Waals surface area contributed by atoms with E-state index in [-0.39, 0.29) is 11.7 Å². The average Bonchev–Trinajstić information content (AvgIpc) is 2.22. The number of halogens is 2. The van der Waals surface area contributed by atoms with Gasteiger partial charge in [-0.3, -0.25) is 4.79 Å². The van der Waals surface area contributed by atoms with Crippen LogP contribution in [0.4, 0.5) is 4.39 Å². The molecule has 0 aliphatic carbocycles. The Morgan fingerprint density at radius 1 is 1.50 bits per heavy atom. The number of carbonyl (C=O) groups excluding carboxylic acids is 1. The molecular weight excluding hydrogens is 275 g/mol. The summed E-state index contributed by atoms with van der Waals surface area (Å²) in [6.07, 6.45) is 0. The fraction of sp³-hybridized carbons (Fsp3) is 0.364. The lowest BCUT2D eigenvalue weighted by Crippen LogP contribution is -3.14. The first-order chi connectivity index (χ1) is 7.65. The quantitative estimate of drug-likeness (QED) is 0.795. The van der Waals surface area contributed by atoms with Crippen molar-refractivity contribution in [2.75, 3.05) is 19.6 Å². The minimum absolute atomic E-state index is 0.0405. The van der Waals surface area contributed by atoms with Gasteiger partial charge in [-0.1, -0.05) is 15.9 Å². The van der Waals surface area contributed by atoms with Gasteiger partial charge in [-0.25, -0.2) is 4.39 Å². The summed E-state index contributed by atoms with van der Waals surface area (Å²) >= 11 is 3.22. The van der Waals surface area contributed by atoms with E-state index in [1.54, 1.807) is 6.07 Å². The summed E-state index contributed by atoms with van der Waals surface area (Å²) in [5.41, 5.74) is 0.660. The van der Waals surface area contributed by atoms with Crippen LogP contribution in [0.2, 0.25) is 0 Å². The van der Waals surface area contributed by atoms with E-state index in [0.29, 0.717) is 25.2 Å². The van der Waals surface area contributed by atoms with Crippen LogP contribution in [-0.2, 0) is 11.3 Å². The van der Waals surface area contributed by atoms with Crippen LogP contribution in [0.25, 0.3) is 0 Å². The van der Waals surface area contributed by atoms with Crippen LogP contribution in [0.3, 0.4) is 0 Å². The number of amides is 1. The molecule has 5 heteroatoms. The third kappa shape index (κ3) is 2.80. The Hall–Kier alpha value is -0.940. The van der Waals surface area contributed by atoms with Gasteiger partial charge in [0.2, 0.25) is 0 Å². The second-order valence-electron chi connectivity index (χ2n) is 3.94. The van der Waals surface area contributed by atoms with Crippen molar-refractivity contribution in [2.24, 2.45) is 0 Å². The molecule has 2 rings (SSSR count). The monoisotopic (exact) mass is 287 g/mol. The third-order valence-electron chi connectivity index (χ3n) is 2.67. The topological polar surface area (TPSA) is 33.5 Å². The first-order valence-electron chi connectivity index (χ1n) is 5.19. The van der Waals surface area contributed by atoms with Crippen LogP contribution in [0.5, 0.6) is 0 Å². The number of quaternary nitrogens is 1. The van der Waals surface area contributed by atoms with Crippen LogP contribution < -0.4 is 10.2 Å². The lowest BCUT2D eigenvalue weighted by Gasteiger charge is -2.23. The highest BCUT2D eigenvalue weighted by Crippen LogP contribution is 2.14. The van der Waals surface area contributed by atoms with E-state index >= 15 is 0 Å². The number of hydrogen-bond donors (Lipinski definition) is 2. The van der Waals surface area contributed by atoms with E-state index < -0.39 is 0 Å². The van der Waals surface area contributed by atoms with Crippen molar-refractivity contribution < 1.29 is 14.1 Å². The molecule has 3 nitrogen and oxygen atoms in total. The van der Waals surface area contributed by atoms with Crippen molar-refractivity contribution in [1.82, 2.24) is 5.32 Å². The van der Waals surface area contributed by atoms with Gasteiger partial charge in [0.15, 0.2) is 6.54 Å². The number of piperazine rings is 1. The van der Waals surface area contributed by atoms with Crippen molar-refractivity contribution >= 4 is 21.8 Å². The van der Waals surface area contributed by atoms with E-state index in [1.807, 2.05) is 6.07 Å². The van der Waals surface area contributed by atoms with Crippen molar-refractivity contribution in [3.8, 4) is 0 Å². The summed E-state index contributed by atoms with van der Waals surface area (Å²) in [6, 6.07) is 5.04. The Balaban J connectivity index is 2.05. The smallest absolute Gasteiger partial charge is 0.275 e. The van der Waals surface area contributed by atoms with Gasteiger partial charge in [0.05, 0.1) is 13.1 Å². The van der Waals surface area contributed by atoms with E-state index in [4.69, 9.17) is 0 Å². The Morgan fingerprint density at radius 2 is 2.31 bits per heavy atom. The van der Waals surface area contributed by atoms with Gasteiger partial charge in [0, 0.05) is 10.0 Å². The van der Waals surface area contributed by atoms with Crippen LogP contribution in [-0.4, -0.2) is 25.5 Å². The lowest BCUT2D eigenvalue weighted by molar-refractivity contribution is -0.907. The summed E-state index contributed by atoms with van der Waals surface area (Å²) in [6.45, 7) is 2.51.